The van der Waals surface area contributed by atoms with Crippen LogP contribution in [0.2, 0.25) is 0 Å². The van der Waals surface area contributed by atoms with Gasteiger partial charge in [0.25, 0.3) is 0 Å². The van der Waals surface area contributed by atoms with Crippen molar-refractivity contribution in [2.45, 2.75) is 39.2 Å². The normalized spacial score (nSPS) is 23.6. The Kier molecular flexibility index (Phi) is 3.66. The van der Waals surface area contributed by atoms with Gasteiger partial charge in [-0.2, -0.15) is 4.98 Å². The van der Waals surface area contributed by atoms with Crippen LogP contribution in [0.1, 0.15) is 33.1 Å². The van der Waals surface area contributed by atoms with Crippen molar-refractivity contribution in [1.29, 1.82) is 0 Å². The van der Waals surface area contributed by atoms with Crippen LogP contribution in [0.4, 0.5) is 11.5 Å². The van der Waals surface area contributed by atoms with E-state index in [4.69, 9.17) is 10.5 Å². The van der Waals surface area contributed by atoms with E-state index in [9.17, 15) is 0 Å². The predicted octanol–water partition coefficient (Wildman–Crippen LogP) is 2.06. The highest BCUT2D eigenvalue weighted by Crippen LogP contribution is 2.30. The molecule has 1 saturated carbocycles. The van der Waals surface area contributed by atoms with Gasteiger partial charge in [-0.25, -0.2) is 4.98 Å². The first kappa shape index (κ1) is 12.0. The first-order valence-electron chi connectivity index (χ1n) is 6.20. The molecule has 5 heteroatoms. The third-order valence-electron chi connectivity index (χ3n) is 3.16. The number of nitrogens with one attached hydrogen (secondary N) is 1. The van der Waals surface area contributed by atoms with Gasteiger partial charge in [0.15, 0.2) is 5.82 Å². The molecule has 0 radical (unpaired) electrons. The third-order valence-corrected chi connectivity index (χ3v) is 3.16. The van der Waals surface area contributed by atoms with Gasteiger partial charge in [-0.15, -0.1) is 0 Å². The standard InChI is InChI=1S/C12H20N4O/c1-3-17-12-10(13)11(14-7-15-12)16-9-5-4-8(2)6-9/h7-9H,3-6,13H2,1-2H3,(H,14,15,16). The second-order valence-electron chi connectivity index (χ2n) is 4.63. The maximum absolute atomic E-state index is 5.97. The molecule has 0 spiro atoms. The number of anilines is 2. The van der Waals surface area contributed by atoms with Crippen molar-refractivity contribution < 1.29 is 4.74 Å². The van der Waals surface area contributed by atoms with Crippen LogP contribution >= 0.6 is 0 Å². The van der Waals surface area contributed by atoms with Crippen LogP contribution in [0, 0.1) is 5.92 Å². The van der Waals surface area contributed by atoms with E-state index in [-0.39, 0.29) is 0 Å². The summed E-state index contributed by atoms with van der Waals surface area (Å²) in [5.74, 6) is 1.94. The minimum absolute atomic E-state index is 0.469. The topological polar surface area (TPSA) is 73.1 Å². The number of hydrogen-bond acceptors (Lipinski definition) is 5. The molecule has 0 saturated heterocycles. The first-order valence-corrected chi connectivity index (χ1v) is 6.20. The SMILES string of the molecule is CCOc1ncnc(NC2CCC(C)C2)c1N. The number of ether oxygens (including phenoxy) is 1. The molecular formula is C12H20N4O. The molecule has 2 atom stereocenters. The van der Waals surface area contributed by atoms with Crippen LogP contribution in [-0.4, -0.2) is 22.6 Å². The zero-order valence-electron chi connectivity index (χ0n) is 10.4. The summed E-state index contributed by atoms with van der Waals surface area (Å²) in [4.78, 5) is 8.20. The summed E-state index contributed by atoms with van der Waals surface area (Å²) >= 11 is 0. The van der Waals surface area contributed by atoms with Crippen molar-refractivity contribution in [2.75, 3.05) is 17.7 Å². The molecule has 1 aliphatic carbocycles. The molecule has 3 N–H and O–H groups in total. The second kappa shape index (κ2) is 5.21. The van der Waals surface area contributed by atoms with Crippen LogP contribution in [0.3, 0.4) is 0 Å². The molecule has 1 aromatic heterocycles. The lowest BCUT2D eigenvalue weighted by Gasteiger charge is -2.15. The van der Waals surface area contributed by atoms with Crippen molar-refractivity contribution in [3.05, 3.63) is 6.33 Å². The Labute approximate surface area is 102 Å². The summed E-state index contributed by atoms with van der Waals surface area (Å²) in [5, 5.41) is 3.38. The molecule has 5 nitrogen and oxygen atoms in total. The molecule has 94 valence electrons. The van der Waals surface area contributed by atoms with Gasteiger partial charge in [0.2, 0.25) is 5.88 Å². The van der Waals surface area contributed by atoms with Gasteiger partial charge in [0.05, 0.1) is 6.61 Å². The predicted molar refractivity (Wildman–Crippen MR) is 68.0 cm³/mol. The highest BCUT2D eigenvalue weighted by Gasteiger charge is 2.22. The lowest BCUT2D eigenvalue weighted by atomic mass is 10.1. The molecule has 1 heterocycles. The highest BCUT2D eigenvalue weighted by molar-refractivity contribution is 5.66. The molecule has 17 heavy (non-hydrogen) atoms. The van der Waals surface area contributed by atoms with Crippen LogP contribution in [0.5, 0.6) is 5.88 Å². The van der Waals surface area contributed by atoms with Gasteiger partial charge < -0.3 is 15.8 Å². The van der Waals surface area contributed by atoms with E-state index in [1.807, 2.05) is 6.92 Å². The van der Waals surface area contributed by atoms with E-state index in [0.717, 1.165) is 5.92 Å². The smallest absolute Gasteiger partial charge is 0.242 e. The Balaban J connectivity index is 2.07. The van der Waals surface area contributed by atoms with Crippen LogP contribution < -0.4 is 15.8 Å². The summed E-state index contributed by atoms with van der Waals surface area (Å²) in [5.41, 5.74) is 6.48. The van der Waals surface area contributed by atoms with E-state index < -0.39 is 0 Å². The summed E-state index contributed by atoms with van der Waals surface area (Å²) in [6.07, 6.45) is 5.10. The lowest BCUT2D eigenvalue weighted by Crippen LogP contribution is -2.18. The van der Waals surface area contributed by atoms with E-state index in [1.165, 1.54) is 25.6 Å². The fraction of sp³-hybridized carbons (Fsp3) is 0.667. The zero-order valence-corrected chi connectivity index (χ0v) is 10.4. The molecule has 2 unspecified atom stereocenters. The van der Waals surface area contributed by atoms with Crippen LogP contribution in [-0.2, 0) is 0 Å². The highest BCUT2D eigenvalue weighted by atomic mass is 16.5. The Morgan fingerprint density at radius 3 is 2.94 bits per heavy atom. The van der Waals surface area contributed by atoms with Crippen LogP contribution in [0.15, 0.2) is 6.33 Å². The number of hydrogen-bond donors (Lipinski definition) is 2. The number of nitrogen functional groups attached to an aromatic ring is 1. The number of nitrogens with two attached hydrogens (primary N) is 1. The first-order chi connectivity index (χ1) is 8.20. The molecular weight excluding hydrogens is 216 g/mol. The van der Waals surface area contributed by atoms with Gasteiger partial charge in [0, 0.05) is 6.04 Å². The van der Waals surface area contributed by atoms with Gasteiger partial charge in [-0.1, -0.05) is 6.92 Å². The third kappa shape index (κ3) is 2.78. The van der Waals surface area contributed by atoms with E-state index in [0.29, 0.717) is 30.0 Å². The monoisotopic (exact) mass is 236 g/mol. The van der Waals surface area contributed by atoms with Gasteiger partial charge >= 0.3 is 0 Å². The van der Waals surface area contributed by atoms with Crippen molar-refractivity contribution >= 4 is 11.5 Å². The summed E-state index contributed by atoms with van der Waals surface area (Å²) < 4.78 is 5.35. The number of nitrogens with zero attached hydrogens (tertiary/aromatic N) is 2. The lowest BCUT2D eigenvalue weighted by molar-refractivity contribution is 0.328. The minimum Gasteiger partial charge on any atom is -0.476 e. The average Bonchev–Trinajstić information content (AvgIpc) is 2.70. The average molecular weight is 236 g/mol. The Morgan fingerprint density at radius 2 is 2.29 bits per heavy atom. The quantitative estimate of drug-likeness (QED) is 0.837. The number of aromatic nitrogens is 2. The van der Waals surface area contributed by atoms with Gasteiger partial charge in [-0.3, -0.25) is 0 Å². The van der Waals surface area contributed by atoms with E-state index in [2.05, 4.69) is 22.2 Å². The van der Waals surface area contributed by atoms with Crippen LogP contribution in [0.25, 0.3) is 0 Å². The summed E-state index contributed by atoms with van der Waals surface area (Å²) in [7, 11) is 0. The van der Waals surface area contributed by atoms with E-state index >= 15 is 0 Å². The molecule has 0 amide bonds. The largest absolute Gasteiger partial charge is 0.476 e. The zero-order chi connectivity index (χ0) is 12.3. The maximum atomic E-state index is 5.97. The molecule has 0 bridgehead atoms. The second-order valence-corrected chi connectivity index (χ2v) is 4.63. The summed E-state index contributed by atoms with van der Waals surface area (Å²) in [6.45, 7) is 4.74. The van der Waals surface area contributed by atoms with E-state index in [1.54, 1.807) is 0 Å². The van der Waals surface area contributed by atoms with Crippen molar-refractivity contribution in [3.63, 3.8) is 0 Å². The maximum Gasteiger partial charge on any atom is 0.242 e. The van der Waals surface area contributed by atoms with Crippen molar-refractivity contribution in [2.24, 2.45) is 5.92 Å². The Hall–Kier alpha value is -1.52. The molecule has 1 aliphatic rings. The molecule has 0 aromatic carbocycles. The Morgan fingerprint density at radius 1 is 1.47 bits per heavy atom. The fourth-order valence-corrected chi connectivity index (χ4v) is 2.28. The number of rotatable bonds is 4. The fourth-order valence-electron chi connectivity index (χ4n) is 2.28. The molecule has 2 rings (SSSR count). The minimum atomic E-state index is 0.469. The Bertz CT molecular complexity index is 383. The molecule has 1 aromatic rings. The van der Waals surface area contributed by atoms with Crippen molar-refractivity contribution in [3.8, 4) is 5.88 Å². The summed E-state index contributed by atoms with van der Waals surface area (Å²) in [6, 6.07) is 0.469. The van der Waals surface area contributed by atoms with Gasteiger partial charge in [-0.05, 0) is 32.1 Å². The molecule has 0 aliphatic heterocycles. The van der Waals surface area contributed by atoms with Gasteiger partial charge in [0.1, 0.15) is 12.0 Å². The van der Waals surface area contributed by atoms with Crippen molar-refractivity contribution in [1.82, 2.24) is 9.97 Å². The molecule has 1 fully saturated rings.